The van der Waals surface area contributed by atoms with Gasteiger partial charge in [0.1, 0.15) is 17.9 Å². The summed E-state index contributed by atoms with van der Waals surface area (Å²) in [7, 11) is 0. The minimum Gasteiger partial charge on any atom is -0.339 e. The zero-order valence-electron chi connectivity index (χ0n) is 15.9. The normalized spacial score (nSPS) is 11.0. The topological polar surface area (TPSA) is 56.0 Å². The van der Waals surface area contributed by atoms with E-state index in [9.17, 15) is 14.0 Å². The lowest BCUT2D eigenvalue weighted by atomic mass is 10.2. The first kappa shape index (κ1) is 18.7. The minimum absolute atomic E-state index is 0.0890. The van der Waals surface area contributed by atoms with Crippen molar-refractivity contribution in [1.29, 1.82) is 0 Å². The van der Waals surface area contributed by atoms with E-state index >= 15 is 0 Å². The predicted octanol–water partition coefficient (Wildman–Crippen LogP) is 3.94. The monoisotopic (exact) mass is 389 g/mol. The van der Waals surface area contributed by atoms with E-state index in [0.29, 0.717) is 12.1 Å². The van der Waals surface area contributed by atoms with E-state index in [0.717, 1.165) is 22.2 Å². The van der Waals surface area contributed by atoms with E-state index in [4.69, 9.17) is 0 Å². The molecule has 4 aromatic rings. The molecule has 146 valence electrons. The summed E-state index contributed by atoms with van der Waals surface area (Å²) >= 11 is 0. The number of aryl methyl sites for hydroxylation is 1. The van der Waals surface area contributed by atoms with Crippen LogP contribution in [0.1, 0.15) is 11.1 Å². The van der Waals surface area contributed by atoms with Crippen molar-refractivity contribution in [3.05, 3.63) is 100 Å². The van der Waals surface area contributed by atoms with E-state index < -0.39 is 0 Å². The first-order chi connectivity index (χ1) is 14.0. The molecule has 29 heavy (non-hydrogen) atoms. The highest BCUT2D eigenvalue weighted by Gasteiger charge is 2.12. The number of pyridine rings is 1. The van der Waals surface area contributed by atoms with Gasteiger partial charge in [-0.25, -0.2) is 4.39 Å². The summed E-state index contributed by atoms with van der Waals surface area (Å²) in [6.07, 6.45) is 3.42. The van der Waals surface area contributed by atoms with E-state index in [1.807, 2.05) is 43.3 Å². The van der Waals surface area contributed by atoms with Crippen molar-refractivity contribution in [3.8, 4) is 0 Å². The van der Waals surface area contributed by atoms with E-state index in [1.165, 1.54) is 16.7 Å². The van der Waals surface area contributed by atoms with Gasteiger partial charge in [-0.1, -0.05) is 30.3 Å². The maximum Gasteiger partial charge on any atom is 0.275 e. The Morgan fingerprint density at radius 3 is 2.52 bits per heavy atom. The third-order valence-electron chi connectivity index (χ3n) is 4.87. The number of benzene rings is 2. The highest BCUT2D eigenvalue weighted by Crippen LogP contribution is 2.15. The number of rotatable bonds is 5. The molecule has 0 aliphatic heterocycles. The number of nitrogens with zero attached hydrogens (tertiary/aromatic N) is 2. The number of halogens is 1. The van der Waals surface area contributed by atoms with Crippen LogP contribution in [-0.2, 0) is 17.9 Å². The van der Waals surface area contributed by atoms with Gasteiger partial charge in [0, 0.05) is 30.0 Å². The molecule has 0 aliphatic carbocycles. The Morgan fingerprint density at radius 1 is 1.00 bits per heavy atom. The van der Waals surface area contributed by atoms with Crippen LogP contribution >= 0.6 is 0 Å². The summed E-state index contributed by atoms with van der Waals surface area (Å²) in [4.78, 5) is 25.5. The van der Waals surface area contributed by atoms with Crippen molar-refractivity contribution in [2.24, 2.45) is 0 Å². The molecule has 0 spiro atoms. The number of amides is 1. The molecule has 0 radical (unpaired) electrons. The first-order valence-electron chi connectivity index (χ1n) is 9.29. The molecule has 0 saturated heterocycles. The average molecular weight is 389 g/mol. The van der Waals surface area contributed by atoms with Gasteiger partial charge < -0.3 is 14.5 Å². The van der Waals surface area contributed by atoms with Gasteiger partial charge >= 0.3 is 0 Å². The van der Waals surface area contributed by atoms with Crippen LogP contribution in [0.15, 0.2) is 77.9 Å². The molecule has 0 saturated carbocycles. The summed E-state index contributed by atoms with van der Waals surface area (Å²) in [6, 6.07) is 17.4. The van der Waals surface area contributed by atoms with Crippen LogP contribution in [0.3, 0.4) is 0 Å². The smallest absolute Gasteiger partial charge is 0.275 e. The summed E-state index contributed by atoms with van der Waals surface area (Å²) in [5.74, 6) is -0.590. The fraction of sp³-hybridized carbons (Fsp3) is 0.130. The van der Waals surface area contributed by atoms with E-state index in [1.54, 1.807) is 29.1 Å². The molecule has 0 aliphatic rings. The number of aromatic nitrogens is 2. The predicted molar refractivity (Wildman–Crippen MR) is 112 cm³/mol. The van der Waals surface area contributed by atoms with Crippen molar-refractivity contribution in [2.75, 3.05) is 5.32 Å². The molecule has 4 rings (SSSR count). The quantitative estimate of drug-likeness (QED) is 0.562. The summed E-state index contributed by atoms with van der Waals surface area (Å²) < 4.78 is 16.7. The largest absolute Gasteiger partial charge is 0.339 e. The van der Waals surface area contributed by atoms with Crippen LogP contribution in [0.2, 0.25) is 0 Å². The van der Waals surface area contributed by atoms with Crippen molar-refractivity contribution in [3.63, 3.8) is 0 Å². The van der Waals surface area contributed by atoms with E-state index in [2.05, 4.69) is 5.32 Å². The average Bonchev–Trinajstić information content (AvgIpc) is 3.09. The lowest BCUT2D eigenvalue weighted by molar-refractivity contribution is -0.116. The second kappa shape index (κ2) is 7.75. The molecule has 2 aromatic heterocycles. The van der Waals surface area contributed by atoms with Crippen LogP contribution in [-0.4, -0.2) is 15.0 Å². The molecule has 5 nitrogen and oxygen atoms in total. The Kier molecular flexibility index (Phi) is 4.99. The summed E-state index contributed by atoms with van der Waals surface area (Å²) in [5, 5.41) is 3.62. The van der Waals surface area contributed by atoms with Crippen LogP contribution in [0.4, 0.5) is 10.1 Å². The van der Waals surface area contributed by atoms with Gasteiger partial charge in [-0.3, -0.25) is 9.59 Å². The molecule has 6 heteroatoms. The molecular weight excluding hydrogens is 369 g/mol. The molecule has 0 bridgehead atoms. The highest BCUT2D eigenvalue weighted by molar-refractivity contribution is 5.91. The number of hydrogen-bond donors (Lipinski definition) is 1. The summed E-state index contributed by atoms with van der Waals surface area (Å²) in [5.41, 5.74) is 2.66. The molecule has 1 N–H and O–H groups in total. The second-order valence-electron chi connectivity index (χ2n) is 6.99. The van der Waals surface area contributed by atoms with Crippen molar-refractivity contribution in [2.45, 2.75) is 20.0 Å². The number of hydrogen-bond acceptors (Lipinski definition) is 2. The van der Waals surface area contributed by atoms with Gasteiger partial charge in [-0.2, -0.15) is 0 Å². The Morgan fingerprint density at radius 2 is 1.76 bits per heavy atom. The third kappa shape index (κ3) is 3.96. The van der Waals surface area contributed by atoms with Gasteiger partial charge in [0.2, 0.25) is 5.91 Å². The first-order valence-corrected chi connectivity index (χ1v) is 9.29. The van der Waals surface area contributed by atoms with Crippen molar-refractivity contribution >= 4 is 22.5 Å². The molecule has 0 unspecified atom stereocenters. The Hall–Kier alpha value is -3.67. The Balaban J connectivity index is 1.61. The standard InChI is InChI=1S/C23H20FN3O2/c1-16-5-2-3-8-20(16)25-21(28)15-27-12-10-18-9-11-26(22(18)23(27)29)14-17-6-4-7-19(24)13-17/h2-13H,14-15H2,1H3,(H,25,28). The molecular formula is C23H20FN3O2. The third-order valence-corrected chi connectivity index (χ3v) is 4.87. The number of anilines is 1. The number of nitrogens with one attached hydrogen (secondary N) is 1. The second-order valence-corrected chi connectivity index (χ2v) is 6.99. The molecule has 2 aromatic carbocycles. The Bertz CT molecular complexity index is 1260. The molecule has 0 atom stereocenters. The molecule has 2 heterocycles. The maximum atomic E-state index is 13.5. The molecule has 1 amide bonds. The van der Waals surface area contributed by atoms with E-state index in [-0.39, 0.29) is 23.8 Å². The lowest BCUT2D eigenvalue weighted by Gasteiger charge is -2.11. The van der Waals surface area contributed by atoms with Crippen LogP contribution in [0.5, 0.6) is 0 Å². The fourth-order valence-electron chi connectivity index (χ4n) is 3.39. The Labute approximate surface area is 167 Å². The van der Waals surface area contributed by atoms with Gasteiger partial charge in [0.05, 0.1) is 0 Å². The zero-order valence-corrected chi connectivity index (χ0v) is 15.9. The van der Waals surface area contributed by atoms with Gasteiger partial charge in [0.25, 0.3) is 5.56 Å². The number of carbonyl (C=O) groups excluding carboxylic acids is 1. The zero-order chi connectivity index (χ0) is 20.4. The van der Waals surface area contributed by atoms with Crippen LogP contribution < -0.4 is 10.9 Å². The minimum atomic E-state index is -0.316. The van der Waals surface area contributed by atoms with Crippen molar-refractivity contribution < 1.29 is 9.18 Å². The van der Waals surface area contributed by atoms with Gasteiger partial charge in [0.15, 0.2) is 0 Å². The lowest BCUT2D eigenvalue weighted by Crippen LogP contribution is -2.28. The number of fused-ring (bicyclic) bond motifs is 1. The van der Waals surface area contributed by atoms with Gasteiger partial charge in [-0.05, 0) is 48.4 Å². The van der Waals surface area contributed by atoms with Crippen LogP contribution in [0, 0.1) is 12.7 Å². The fourth-order valence-corrected chi connectivity index (χ4v) is 3.39. The molecule has 0 fully saturated rings. The maximum absolute atomic E-state index is 13.5. The SMILES string of the molecule is Cc1ccccc1NC(=O)Cn1ccc2ccn(Cc3cccc(F)c3)c2c1=O. The number of para-hydroxylation sites is 1. The highest BCUT2D eigenvalue weighted by atomic mass is 19.1. The van der Waals surface area contributed by atoms with Crippen LogP contribution in [0.25, 0.3) is 10.9 Å². The van der Waals surface area contributed by atoms with Crippen molar-refractivity contribution in [1.82, 2.24) is 9.13 Å². The summed E-state index contributed by atoms with van der Waals surface area (Å²) in [6.45, 7) is 2.19. The van der Waals surface area contributed by atoms with Gasteiger partial charge in [-0.15, -0.1) is 0 Å². The number of carbonyl (C=O) groups is 1.